The van der Waals surface area contributed by atoms with Gasteiger partial charge < -0.3 is 4.74 Å². The Labute approximate surface area is 824 Å². The molecule has 0 aliphatic rings. The molecule has 0 heterocycles. The quantitative estimate of drug-likeness (QED) is 0.0795. The lowest BCUT2D eigenvalue weighted by atomic mass is 9.85. The third-order valence-corrected chi connectivity index (χ3v) is 26.2. The van der Waals surface area contributed by atoms with Gasteiger partial charge in [-0.15, -0.1) is 13.2 Å². The van der Waals surface area contributed by atoms with Crippen LogP contribution in [-0.4, -0.2) is 6.36 Å². The van der Waals surface area contributed by atoms with Crippen molar-refractivity contribution < 1.29 is 119 Å². The van der Waals surface area contributed by atoms with E-state index in [9.17, 15) is 114 Å². The van der Waals surface area contributed by atoms with Crippen molar-refractivity contribution in [3.63, 3.8) is 0 Å². The van der Waals surface area contributed by atoms with Gasteiger partial charge in [-0.25, -0.2) is 87.8 Å². The number of hydrogen-bond acceptors (Lipinski definition) is 1. The highest BCUT2D eigenvalue weighted by Crippen LogP contribution is 2.53. The predicted molar refractivity (Wildman–Crippen MR) is 530 cm³/mol. The minimum atomic E-state index is -4.91. The number of fused-ring (bicyclic) bond motifs is 12. The summed E-state index contributed by atoms with van der Waals surface area (Å²) in [4.78, 5) is 0. The van der Waals surface area contributed by atoms with Crippen LogP contribution in [0, 0.1) is 116 Å². The van der Waals surface area contributed by atoms with Crippen LogP contribution in [-0.2, 0) is 6.18 Å². The highest BCUT2D eigenvalue weighted by atomic mass is 19.4. The molecule has 27 heteroatoms. The fourth-order valence-corrected chi connectivity index (χ4v) is 19.7. The molecular weight excluding hydrogens is 1980 g/mol. The van der Waals surface area contributed by atoms with Crippen molar-refractivity contribution in [2.75, 3.05) is 0 Å². The maximum Gasteiger partial charge on any atom is 0.573 e. The van der Waals surface area contributed by atoms with Crippen molar-refractivity contribution in [3.05, 3.63) is 474 Å². The van der Waals surface area contributed by atoms with Gasteiger partial charge in [0.15, 0.2) is 111 Å². The van der Waals surface area contributed by atoms with Gasteiger partial charge in [0.25, 0.3) is 0 Å². The highest BCUT2D eigenvalue weighted by molar-refractivity contribution is 6.26. The van der Waals surface area contributed by atoms with E-state index < -0.39 is 140 Å². The second-order valence-corrected chi connectivity index (χ2v) is 35.2. The van der Waals surface area contributed by atoms with Gasteiger partial charge in [0.05, 0.1) is 5.56 Å². The molecule has 24 aromatic rings. The Hall–Kier alpha value is -17.6. The van der Waals surface area contributed by atoms with E-state index in [1.165, 1.54) is 48.5 Å². The zero-order chi connectivity index (χ0) is 105. The summed E-state index contributed by atoms with van der Waals surface area (Å²) in [7, 11) is 0. The van der Waals surface area contributed by atoms with E-state index in [2.05, 4.69) is 4.74 Å². The van der Waals surface area contributed by atoms with Crippen LogP contribution in [0.3, 0.4) is 0 Å². The summed E-state index contributed by atoms with van der Waals surface area (Å²) in [5.41, 5.74) is 3.55. The van der Waals surface area contributed by atoms with Gasteiger partial charge in [-0.1, -0.05) is 182 Å². The summed E-state index contributed by atoms with van der Waals surface area (Å²) < 4.78 is 372. The average Bonchev–Trinajstić information content (AvgIpc) is 0.737. The normalized spacial score (nSPS) is 11.8. The van der Waals surface area contributed by atoms with Gasteiger partial charge >= 0.3 is 12.5 Å². The molecule has 0 aliphatic heterocycles. The van der Waals surface area contributed by atoms with Crippen molar-refractivity contribution in [3.8, 4) is 94.8 Å². The SMILES string of the molecule is Fc1cc2c(-c3cc(F)c(F)c(F)c3)c3cc(F)c(F)cc3c(-c3ccc4ccccc4c3)c2cc1F.Fc1cc2c(-c3ccc(OC(F)(F)F)cc3)c3cc(F)c(F)cc3c(-c3ccc4ccccc4c3)c2cc1F.Fc1cc2c(-c3cccc(C(F)(F)F)c3)c3cc(F)c(F)cc3c(-c3ccc4ccccc4c3)c2cc1F.Fc1ccc(-c2c3cc(F)c(F)cc3c(-c3ccc4ccccc4c3)c3cc(F)c(F)cc23)cc1. The Morgan fingerprint density at radius 1 is 0.148 bits per heavy atom. The zero-order valence-electron chi connectivity index (χ0n) is 75.7. The molecule has 0 saturated carbocycles. The number of halogens is 26. The second-order valence-electron chi connectivity index (χ2n) is 35.2. The van der Waals surface area contributed by atoms with Crippen molar-refractivity contribution in [1.29, 1.82) is 0 Å². The van der Waals surface area contributed by atoms with Gasteiger partial charge in [0, 0.05) is 0 Å². The molecule has 149 heavy (non-hydrogen) atoms. The van der Waals surface area contributed by atoms with E-state index in [1.54, 1.807) is 36.4 Å². The second kappa shape index (κ2) is 38.1. The first-order chi connectivity index (χ1) is 71.3. The Kier molecular flexibility index (Phi) is 24.9. The van der Waals surface area contributed by atoms with E-state index in [0.29, 0.717) is 83.7 Å². The summed E-state index contributed by atoms with van der Waals surface area (Å²) in [6.07, 6.45) is -9.59. The first-order valence-electron chi connectivity index (χ1n) is 45.2. The molecule has 0 unspecified atom stereocenters. The van der Waals surface area contributed by atoms with E-state index in [4.69, 9.17) is 0 Å². The Morgan fingerprint density at radius 3 is 0.564 bits per heavy atom. The van der Waals surface area contributed by atoms with Crippen LogP contribution in [0.1, 0.15) is 5.56 Å². The number of alkyl halides is 6. The van der Waals surface area contributed by atoms with Crippen LogP contribution < -0.4 is 4.74 Å². The summed E-state index contributed by atoms with van der Waals surface area (Å²) in [6.45, 7) is 0. The van der Waals surface area contributed by atoms with E-state index in [-0.39, 0.29) is 104 Å². The number of hydrogen-bond donors (Lipinski definition) is 0. The minimum absolute atomic E-state index is 0.00287. The topological polar surface area (TPSA) is 9.23 Å². The van der Waals surface area contributed by atoms with E-state index in [0.717, 1.165) is 164 Å². The van der Waals surface area contributed by atoms with Gasteiger partial charge in [0.2, 0.25) is 0 Å². The minimum Gasteiger partial charge on any atom is -0.406 e. The summed E-state index contributed by atoms with van der Waals surface area (Å²) in [5.74, 6) is -24.4. The van der Waals surface area contributed by atoms with Crippen molar-refractivity contribution in [2.45, 2.75) is 12.5 Å². The number of rotatable bonds is 9. The Bertz CT molecular complexity index is 9420. The molecule has 0 saturated heterocycles. The van der Waals surface area contributed by atoms with Crippen LogP contribution in [0.15, 0.2) is 352 Å². The van der Waals surface area contributed by atoms with Crippen LogP contribution in [0.2, 0.25) is 0 Å². The Balaban J connectivity index is 0.000000116. The molecule has 0 atom stereocenters. The maximum atomic E-state index is 14.7. The van der Waals surface area contributed by atoms with Crippen LogP contribution in [0.5, 0.6) is 5.75 Å². The van der Waals surface area contributed by atoms with Crippen molar-refractivity contribution >= 4 is 129 Å². The molecule has 734 valence electrons. The fraction of sp³-hybridized carbons (Fsp3) is 0.0164. The lowest BCUT2D eigenvalue weighted by Crippen LogP contribution is -2.16. The molecule has 0 N–H and O–H groups in total. The van der Waals surface area contributed by atoms with Gasteiger partial charge in [0.1, 0.15) is 11.6 Å². The first-order valence-corrected chi connectivity index (χ1v) is 45.2. The lowest BCUT2D eigenvalue weighted by Gasteiger charge is -2.19. The van der Waals surface area contributed by atoms with Crippen molar-refractivity contribution in [2.24, 2.45) is 0 Å². The third-order valence-electron chi connectivity index (χ3n) is 26.2. The molecular formula is C122H58F26O. The molecule has 0 radical (unpaired) electrons. The standard InChI is InChI=1S/C31H15F7O.C31H15F7.C30H13F7.C30H15F5/c32-25-12-21-23(14-27(25)34)30(19-6-5-16-3-1-2-4-18(16)11-19)24-15-28(35)26(33)13-22(24)29(21)17-7-9-20(10-8-17)39-31(36,37)38;32-25-12-21-23(14-27(25)34)30(19-9-8-16-4-1-2-5-17(16)10-19)24-15-28(35)26(33)13-22(24)29(21)18-6-3-7-20(11-18)31(36,37)38;31-22-10-18-20(12-24(22)33)29(17-8-26(35)30(37)27(36)9-17)21-13-25(34)23(32)11-19(21)28(18)16-6-5-14-3-1-2-4-15(14)7-16;31-20-9-7-17(8-10-20)29-21-12-25(32)27(34)14-23(21)30(24-15-28(35)26(33)13-22(24)29)19-6-5-16-3-1-2-4-18(16)11-19/h1-15H;1-15H;1-13H;1-15H. The molecule has 24 rings (SSSR count). The molecule has 0 spiro atoms. The van der Waals surface area contributed by atoms with Gasteiger partial charge in [-0.2, -0.15) is 13.2 Å². The zero-order valence-corrected chi connectivity index (χ0v) is 75.7. The van der Waals surface area contributed by atoms with Gasteiger partial charge in [-0.3, -0.25) is 0 Å². The summed E-state index contributed by atoms with van der Waals surface area (Å²) >= 11 is 0. The van der Waals surface area contributed by atoms with Crippen LogP contribution in [0.25, 0.3) is 218 Å². The van der Waals surface area contributed by atoms with E-state index >= 15 is 0 Å². The smallest absolute Gasteiger partial charge is 0.406 e. The van der Waals surface area contributed by atoms with Gasteiger partial charge in [-0.05, 0) is 388 Å². The van der Waals surface area contributed by atoms with E-state index in [1.807, 2.05) is 133 Å². The predicted octanol–water partition coefficient (Wildman–Crippen LogP) is 38.6. The number of benzene rings is 24. The summed E-state index contributed by atoms with van der Waals surface area (Å²) in [5, 5.41) is 9.63. The lowest BCUT2D eigenvalue weighted by molar-refractivity contribution is -0.274. The number of ether oxygens (including phenoxy) is 1. The van der Waals surface area contributed by atoms with Crippen LogP contribution >= 0.6 is 0 Å². The molecule has 1 nitrogen and oxygen atoms in total. The average molecular weight is 2030 g/mol. The molecule has 0 fully saturated rings. The molecule has 0 aliphatic carbocycles. The van der Waals surface area contributed by atoms with Crippen LogP contribution in [0.4, 0.5) is 114 Å². The molecule has 0 amide bonds. The highest BCUT2D eigenvalue weighted by Gasteiger charge is 2.35. The Morgan fingerprint density at radius 2 is 0.342 bits per heavy atom. The largest absolute Gasteiger partial charge is 0.573 e. The van der Waals surface area contributed by atoms with Crippen molar-refractivity contribution in [1.82, 2.24) is 0 Å². The molecule has 0 aromatic heterocycles. The molecule has 0 bridgehead atoms. The third kappa shape index (κ3) is 18.2. The first kappa shape index (κ1) is 97.5. The monoisotopic (exact) mass is 2030 g/mol. The maximum absolute atomic E-state index is 14.7. The fourth-order valence-electron chi connectivity index (χ4n) is 19.7. The summed E-state index contributed by atoms with van der Waals surface area (Å²) in [6, 6.07) is 82.3. The molecule has 24 aromatic carbocycles.